The Bertz CT molecular complexity index is 895. The number of halogens is 1. The highest BCUT2D eigenvalue weighted by Crippen LogP contribution is 2.37. The molecule has 1 aromatic carbocycles. The minimum Gasteiger partial charge on any atom is -0.467 e. The zero-order valence-electron chi connectivity index (χ0n) is 14.7. The van der Waals surface area contributed by atoms with Crippen LogP contribution < -0.4 is 10.1 Å². The first-order valence-corrected chi connectivity index (χ1v) is 9.36. The molecule has 1 N–H and O–H groups in total. The zero-order valence-corrected chi connectivity index (χ0v) is 15.5. The lowest BCUT2D eigenvalue weighted by molar-refractivity contribution is -0.123. The molecule has 2 heterocycles. The number of nitrogens with zero attached hydrogens (tertiary/aromatic N) is 2. The van der Waals surface area contributed by atoms with Gasteiger partial charge in [-0.3, -0.25) is 4.79 Å². The average molecular weight is 373 g/mol. The van der Waals surface area contributed by atoms with Gasteiger partial charge in [0.05, 0.1) is 5.39 Å². The highest BCUT2D eigenvalue weighted by Gasteiger charge is 2.16. The van der Waals surface area contributed by atoms with E-state index in [0.29, 0.717) is 5.88 Å². The third kappa shape index (κ3) is 4.16. The van der Waals surface area contributed by atoms with E-state index in [1.165, 1.54) is 29.8 Å². The SMILES string of the molecule is CCC[C@H](C)NC(=O)COc1ncnc2scc(-c3ccc(F)cc3)c12. The second-order valence-electron chi connectivity index (χ2n) is 6.06. The van der Waals surface area contributed by atoms with Crippen LogP contribution in [0.1, 0.15) is 26.7 Å². The first-order chi connectivity index (χ1) is 12.6. The van der Waals surface area contributed by atoms with E-state index in [1.54, 1.807) is 12.1 Å². The average Bonchev–Trinajstić information content (AvgIpc) is 3.05. The molecule has 0 aliphatic rings. The summed E-state index contributed by atoms with van der Waals surface area (Å²) < 4.78 is 18.9. The Morgan fingerprint density at radius 2 is 2.08 bits per heavy atom. The van der Waals surface area contributed by atoms with E-state index in [1.807, 2.05) is 12.3 Å². The molecule has 0 spiro atoms. The van der Waals surface area contributed by atoms with Crippen molar-refractivity contribution >= 4 is 27.5 Å². The lowest BCUT2D eigenvalue weighted by atomic mass is 10.1. The van der Waals surface area contributed by atoms with Crippen LogP contribution in [0.2, 0.25) is 0 Å². The van der Waals surface area contributed by atoms with Crippen LogP contribution in [0.15, 0.2) is 36.0 Å². The maximum Gasteiger partial charge on any atom is 0.258 e. The molecule has 26 heavy (non-hydrogen) atoms. The molecular weight excluding hydrogens is 353 g/mol. The number of carbonyl (C=O) groups is 1. The van der Waals surface area contributed by atoms with E-state index in [4.69, 9.17) is 4.74 Å². The van der Waals surface area contributed by atoms with Crippen LogP contribution in [0.25, 0.3) is 21.3 Å². The number of fused-ring (bicyclic) bond motifs is 1. The monoisotopic (exact) mass is 373 g/mol. The lowest BCUT2D eigenvalue weighted by Gasteiger charge is -2.13. The maximum atomic E-state index is 13.2. The molecule has 7 heteroatoms. The largest absolute Gasteiger partial charge is 0.467 e. The molecular formula is C19H20FN3O2S. The first-order valence-electron chi connectivity index (χ1n) is 8.48. The summed E-state index contributed by atoms with van der Waals surface area (Å²) in [6, 6.07) is 6.33. The fourth-order valence-corrected chi connectivity index (χ4v) is 3.66. The summed E-state index contributed by atoms with van der Waals surface area (Å²) in [5.74, 6) is -0.121. The van der Waals surface area contributed by atoms with Crippen LogP contribution in [0.3, 0.4) is 0 Å². The van der Waals surface area contributed by atoms with Crippen LogP contribution in [0.4, 0.5) is 4.39 Å². The summed E-state index contributed by atoms with van der Waals surface area (Å²) >= 11 is 1.45. The van der Waals surface area contributed by atoms with Gasteiger partial charge < -0.3 is 10.1 Å². The number of carbonyl (C=O) groups excluding carboxylic acids is 1. The maximum absolute atomic E-state index is 13.2. The fourth-order valence-electron chi connectivity index (χ4n) is 2.75. The van der Waals surface area contributed by atoms with Crippen molar-refractivity contribution < 1.29 is 13.9 Å². The standard InChI is InChI=1S/C19H20FN3O2S/c1-3-4-12(2)23-16(24)9-25-18-17-15(10-26-19(17)22-11-21-18)13-5-7-14(20)8-6-13/h5-8,10-12H,3-4,9H2,1-2H3,(H,23,24)/t12-/m0/s1. The summed E-state index contributed by atoms with van der Waals surface area (Å²) in [5.41, 5.74) is 1.71. The molecule has 0 radical (unpaired) electrons. The Labute approximate surface area is 155 Å². The van der Waals surface area contributed by atoms with Crippen molar-refractivity contribution in [2.75, 3.05) is 6.61 Å². The summed E-state index contributed by atoms with van der Waals surface area (Å²) in [5, 5.41) is 5.57. The van der Waals surface area contributed by atoms with Crippen LogP contribution >= 0.6 is 11.3 Å². The van der Waals surface area contributed by atoms with Gasteiger partial charge in [-0.2, -0.15) is 0 Å². The molecule has 1 atom stereocenters. The van der Waals surface area contributed by atoms with Gasteiger partial charge in [-0.25, -0.2) is 14.4 Å². The fraction of sp³-hybridized carbons (Fsp3) is 0.316. The van der Waals surface area contributed by atoms with Gasteiger partial charge in [0.1, 0.15) is 17.0 Å². The molecule has 3 rings (SSSR count). The van der Waals surface area contributed by atoms with Crippen LogP contribution in [0.5, 0.6) is 5.88 Å². The molecule has 0 saturated carbocycles. The molecule has 1 amide bonds. The number of hydrogen-bond donors (Lipinski definition) is 1. The van der Waals surface area contributed by atoms with E-state index in [-0.39, 0.29) is 24.4 Å². The Kier molecular flexibility index (Phi) is 5.78. The zero-order chi connectivity index (χ0) is 18.5. The van der Waals surface area contributed by atoms with Gasteiger partial charge in [0, 0.05) is 17.0 Å². The first kappa shape index (κ1) is 18.3. The highest BCUT2D eigenvalue weighted by molar-refractivity contribution is 7.17. The molecule has 0 saturated heterocycles. The van der Waals surface area contributed by atoms with Crippen molar-refractivity contribution in [1.82, 2.24) is 15.3 Å². The number of ether oxygens (including phenoxy) is 1. The predicted molar refractivity (Wildman–Crippen MR) is 101 cm³/mol. The smallest absolute Gasteiger partial charge is 0.258 e. The second kappa shape index (κ2) is 8.23. The molecule has 0 fully saturated rings. The van der Waals surface area contributed by atoms with Crippen molar-refractivity contribution in [3.63, 3.8) is 0 Å². The molecule has 0 aliphatic heterocycles. The van der Waals surface area contributed by atoms with E-state index in [2.05, 4.69) is 22.2 Å². The summed E-state index contributed by atoms with van der Waals surface area (Å²) in [6.07, 6.45) is 3.34. The Morgan fingerprint density at radius 3 is 2.81 bits per heavy atom. The van der Waals surface area contributed by atoms with Crippen molar-refractivity contribution in [1.29, 1.82) is 0 Å². The number of thiophene rings is 1. The van der Waals surface area contributed by atoms with Crippen molar-refractivity contribution in [3.8, 4) is 17.0 Å². The Morgan fingerprint density at radius 1 is 1.31 bits per heavy atom. The van der Waals surface area contributed by atoms with Gasteiger partial charge in [-0.05, 0) is 31.0 Å². The van der Waals surface area contributed by atoms with Crippen molar-refractivity contribution in [3.05, 3.63) is 41.8 Å². The van der Waals surface area contributed by atoms with Crippen molar-refractivity contribution in [2.24, 2.45) is 0 Å². The molecule has 136 valence electrons. The predicted octanol–water partition coefficient (Wildman–Crippen LogP) is 4.18. The number of aromatic nitrogens is 2. The lowest BCUT2D eigenvalue weighted by Crippen LogP contribution is -2.36. The number of benzene rings is 1. The number of rotatable bonds is 7. The molecule has 0 aliphatic carbocycles. The quantitative estimate of drug-likeness (QED) is 0.675. The van der Waals surface area contributed by atoms with Gasteiger partial charge in [-0.15, -0.1) is 11.3 Å². The molecule has 5 nitrogen and oxygen atoms in total. The normalized spacial score (nSPS) is 12.1. The van der Waals surface area contributed by atoms with E-state index in [9.17, 15) is 9.18 Å². The Balaban J connectivity index is 1.81. The van der Waals surface area contributed by atoms with Crippen LogP contribution in [-0.4, -0.2) is 28.5 Å². The topological polar surface area (TPSA) is 64.1 Å². The van der Waals surface area contributed by atoms with Gasteiger partial charge in [-0.1, -0.05) is 25.5 Å². The minimum atomic E-state index is -0.293. The summed E-state index contributed by atoms with van der Waals surface area (Å²) in [4.78, 5) is 21.3. The summed E-state index contributed by atoms with van der Waals surface area (Å²) in [7, 11) is 0. The van der Waals surface area contributed by atoms with E-state index >= 15 is 0 Å². The number of amides is 1. The highest BCUT2D eigenvalue weighted by atomic mass is 32.1. The third-order valence-electron chi connectivity index (χ3n) is 3.96. The van der Waals surface area contributed by atoms with Crippen LogP contribution in [0, 0.1) is 5.82 Å². The summed E-state index contributed by atoms with van der Waals surface area (Å²) in [6.45, 7) is 3.93. The second-order valence-corrected chi connectivity index (χ2v) is 6.92. The molecule has 2 aromatic heterocycles. The molecule has 0 bridgehead atoms. The van der Waals surface area contributed by atoms with Gasteiger partial charge in [0.25, 0.3) is 5.91 Å². The molecule has 3 aromatic rings. The number of nitrogens with one attached hydrogen (secondary N) is 1. The Hall–Kier alpha value is -2.54. The van der Waals surface area contributed by atoms with Gasteiger partial charge >= 0.3 is 0 Å². The minimum absolute atomic E-state index is 0.109. The van der Waals surface area contributed by atoms with Crippen LogP contribution in [-0.2, 0) is 4.79 Å². The third-order valence-corrected chi connectivity index (χ3v) is 4.85. The van der Waals surface area contributed by atoms with Crippen molar-refractivity contribution in [2.45, 2.75) is 32.7 Å². The number of hydrogen-bond acceptors (Lipinski definition) is 5. The van der Waals surface area contributed by atoms with E-state index < -0.39 is 0 Å². The molecule has 0 unspecified atom stereocenters. The van der Waals surface area contributed by atoms with E-state index in [0.717, 1.165) is 34.2 Å². The van der Waals surface area contributed by atoms with Gasteiger partial charge in [0.2, 0.25) is 5.88 Å². The van der Waals surface area contributed by atoms with Gasteiger partial charge in [0.15, 0.2) is 6.61 Å².